The summed E-state index contributed by atoms with van der Waals surface area (Å²) in [5.41, 5.74) is 0.649. The van der Waals surface area contributed by atoms with Gasteiger partial charge in [-0.2, -0.15) is 0 Å². The molecule has 0 aliphatic rings. The van der Waals surface area contributed by atoms with Gasteiger partial charge in [-0.25, -0.2) is 9.78 Å². The highest BCUT2D eigenvalue weighted by Crippen LogP contribution is 2.15. The second-order valence-corrected chi connectivity index (χ2v) is 3.88. The molecule has 0 unspecified atom stereocenters. The maximum Gasteiger partial charge on any atom is 0.356 e. The van der Waals surface area contributed by atoms with Gasteiger partial charge in [-0.1, -0.05) is 13.8 Å². The average Bonchev–Trinajstić information content (AvgIpc) is 2.18. The number of pyridine rings is 1. The Kier molecular flexibility index (Phi) is 3.66. The van der Waals surface area contributed by atoms with Gasteiger partial charge >= 0.3 is 5.97 Å². The van der Waals surface area contributed by atoms with Crippen molar-refractivity contribution >= 4 is 11.7 Å². The smallest absolute Gasteiger partial charge is 0.356 e. The van der Waals surface area contributed by atoms with Crippen LogP contribution in [-0.4, -0.2) is 22.1 Å². The molecule has 2 N–H and O–H groups in total. The van der Waals surface area contributed by atoms with Gasteiger partial charge in [0, 0.05) is 12.2 Å². The molecule has 0 aromatic carbocycles. The zero-order chi connectivity index (χ0) is 11.4. The van der Waals surface area contributed by atoms with Gasteiger partial charge in [0.1, 0.15) is 0 Å². The Morgan fingerprint density at radius 2 is 2.13 bits per heavy atom. The molecule has 1 aromatic heterocycles. The maximum atomic E-state index is 10.9. The van der Waals surface area contributed by atoms with Crippen LogP contribution in [0.25, 0.3) is 0 Å². The molecule has 0 spiro atoms. The van der Waals surface area contributed by atoms with Crippen molar-refractivity contribution < 1.29 is 9.90 Å². The molecule has 1 rings (SSSR count). The fourth-order valence-corrected chi connectivity index (χ4v) is 1.10. The summed E-state index contributed by atoms with van der Waals surface area (Å²) in [4.78, 5) is 14.7. The van der Waals surface area contributed by atoms with Gasteiger partial charge in [0.15, 0.2) is 5.69 Å². The summed E-state index contributed by atoms with van der Waals surface area (Å²) in [6, 6.07) is 3.67. The monoisotopic (exact) mass is 208 g/mol. The van der Waals surface area contributed by atoms with Crippen molar-refractivity contribution in [3.8, 4) is 0 Å². The summed E-state index contributed by atoms with van der Waals surface area (Å²) in [5, 5.41) is 12.1. The molecule has 4 nitrogen and oxygen atoms in total. The van der Waals surface area contributed by atoms with Crippen molar-refractivity contribution in [2.24, 2.45) is 5.92 Å². The second kappa shape index (κ2) is 4.77. The predicted octanol–water partition coefficient (Wildman–Crippen LogP) is 2.24. The molecular formula is C11H16N2O2. The minimum absolute atomic E-state index is 0.0741. The number of nitrogens with one attached hydrogen (secondary N) is 1. The van der Waals surface area contributed by atoms with E-state index in [9.17, 15) is 4.79 Å². The van der Waals surface area contributed by atoms with Crippen LogP contribution in [0.2, 0.25) is 0 Å². The molecule has 0 amide bonds. The van der Waals surface area contributed by atoms with Crippen LogP contribution < -0.4 is 5.32 Å². The molecule has 4 heteroatoms. The van der Waals surface area contributed by atoms with Crippen LogP contribution in [0.1, 0.15) is 31.3 Å². The van der Waals surface area contributed by atoms with E-state index in [1.54, 1.807) is 12.1 Å². The molecule has 15 heavy (non-hydrogen) atoms. The number of aromatic carboxylic acids is 1. The van der Waals surface area contributed by atoms with E-state index in [0.29, 0.717) is 11.6 Å². The van der Waals surface area contributed by atoms with Crippen LogP contribution in [0.5, 0.6) is 0 Å². The zero-order valence-corrected chi connectivity index (χ0v) is 9.19. The SMILES string of the molecule is CC(C)[C@@H](C)Nc1cccnc1C(=O)O. The molecule has 0 saturated carbocycles. The van der Waals surface area contributed by atoms with Crippen molar-refractivity contribution in [1.29, 1.82) is 0 Å². The molecular weight excluding hydrogens is 192 g/mol. The summed E-state index contributed by atoms with van der Waals surface area (Å²) in [6.45, 7) is 6.17. The molecule has 1 heterocycles. The lowest BCUT2D eigenvalue weighted by atomic mass is 10.1. The second-order valence-electron chi connectivity index (χ2n) is 3.88. The fourth-order valence-electron chi connectivity index (χ4n) is 1.10. The van der Waals surface area contributed by atoms with Crippen molar-refractivity contribution in [3.63, 3.8) is 0 Å². The Bertz CT molecular complexity index is 350. The van der Waals surface area contributed by atoms with Crippen molar-refractivity contribution in [3.05, 3.63) is 24.0 Å². The predicted molar refractivity (Wildman–Crippen MR) is 59.1 cm³/mol. The number of carbonyl (C=O) groups is 1. The number of nitrogens with zero attached hydrogens (tertiary/aromatic N) is 1. The highest BCUT2D eigenvalue weighted by atomic mass is 16.4. The Balaban J connectivity index is 2.89. The molecule has 0 aliphatic carbocycles. The van der Waals surface area contributed by atoms with Gasteiger partial charge in [-0.05, 0) is 25.0 Å². The third-order valence-corrected chi connectivity index (χ3v) is 2.39. The maximum absolute atomic E-state index is 10.9. The fraction of sp³-hybridized carbons (Fsp3) is 0.455. The van der Waals surface area contributed by atoms with Crippen LogP contribution in [0.3, 0.4) is 0 Å². The van der Waals surface area contributed by atoms with Crippen LogP contribution in [0.15, 0.2) is 18.3 Å². The lowest BCUT2D eigenvalue weighted by Gasteiger charge is -2.19. The summed E-state index contributed by atoms with van der Waals surface area (Å²) < 4.78 is 0. The van der Waals surface area contributed by atoms with E-state index >= 15 is 0 Å². The highest BCUT2D eigenvalue weighted by Gasteiger charge is 2.14. The molecule has 0 fully saturated rings. The van der Waals surface area contributed by atoms with Crippen molar-refractivity contribution in [2.45, 2.75) is 26.8 Å². The van der Waals surface area contributed by atoms with Crippen molar-refractivity contribution in [2.75, 3.05) is 5.32 Å². The van der Waals surface area contributed by atoms with Gasteiger partial charge in [0.05, 0.1) is 5.69 Å². The van der Waals surface area contributed by atoms with Gasteiger partial charge in [-0.3, -0.25) is 0 Å². The molecule has 1 atom stereocenters. The molecule has 0 aliphatic heterocycles. The summed E-state index contributed by atoms with van der Waals surface area (Å²) in [6.07, 6.45) is 1.48. The Morgan fingerprint density at radius 1 is 1.47 bits per heavy atom. The van der Waals surface area contributed by atoms with E-state index in [1.807, 2.05) is 6.92 Å². The van der Waals surface area contributed by atoms with Gasteiger partial charge in [0.25, 0.3) is 0 Å². The van der Waals surface area contributed by atoms with Gasteiger partial charge in [0.2, 0.25) is 0 Å². The minimum atomic E-state index is -1.01. The van der Waals surface area contributed by atoms with E-state index in [2.05, 4.69) is 24.1 Å². The lowest BCUT2D eigenvalue weighted by Crippen LogP contribution is -2.23. The van der Waals surface area contributed by atoms with E-state index in [0.717, 1.165) is 0 Å². The first-order chi connectivity index (χ1) is 7.02. The van der Waals surface area contributed by atoms with E-state index < -0.39 is 5.97 Å². The highest BCUT2D eigenvalue weighted by molar-refractivity contribution is 5.91. The van der Waals surface area contributed by atoms with Crippen LogP contribution in [0, 0.1) is 5.92 Å². The largest absolute Gasteiger partial charge is 0.476 e. The molecule has 82 valence electrons. The van der Waals surface area contributed by atoms with Gasteiger partial charge < -0.3 is 10.4 Å². The van der Waals surface area contributed by atoms with E-state index in [4.69, 9.17) is 5.11 Å². The Labute approximate surface area is 89.3 Å². The number of anilines is 1. The molecule has 0 radical (unpaired) electrons. The quantitative estimate of drug-likeness (QED) is 0.796. The summed E-state index contributed by atoms with van der Waals surface area (Å²) >= 11 is 0. The first-order valence-electron chi connectivity index (χ1n) is 4.97. The van der Waals surface area contributed by atoms with E-state index in [-0.39, 0.29) is 11.7 Å². The number of hydrogen-bond donors (Lipinski definition) is 2. The number of hydrogen-bond acceptors (Lipinski definition) is 3. The summed E-state index contributed by atoms with van der Waals surface area (Å²) in [5.74, 6) is -0.569. The minimum Gasteiger partial charge on any atom is -0.476 e. The standard InChI is InChI=1S/C11H16N2O2/c1-7(2)8(3)13-9-5-4-6-12-10(9)11(14)15/h4-8,13H,1-3H3,(H,14,15)/t8-/m1/s1. The van der Waals surface area contributed by atoms with Crippen LogP contribution in [0.4, 0.5) is 5.69 Å². The molecule has 1 aromatic rings. The van der Waals surface area contributed by atoms with Crippen LogP contribution in [-0.2, 0) is 0 Å². The number of aromatic nitrogens is 1. The molecule has 0 saturated heterocycles. The zero-order valence-electron chi connectivity index (χ0n) is 9.19. The topological polar surface area (TPSA) is 62.2 Å². The average molecular weight is 208 g/mol. The first kappa shape index (κ1) is 11.5. The normalized spacial score (nSPS) is 12.5. The third-order valence-electron chi connectivity index (χ3n) is 2.39. The van der Waals surface area contributed by atoms with Crippen molar-refractivity contribution in [1.82, 2.24) is 4.98 Å². The van der Waals surface area contributed by atoms with Crippen LogP contribution >= 0.6 is 0 Å². The first-order valence-corrected chi connectivity index (χ1v) is 4.97. The lowest BCUT2D eigenvalue weighted by molar-refractivity contribution is 0.0691. The Morgan fingerprint density at radius 3 is 2.67 bits per heavy atom. The summed E-state index contributed by atoms with van der Waals surface area (Å²) in [7, 11) is 0. The third kappa shape index (κ3) is 2.94. The number of carboxylic acid groups (broad SMARTS) is 1. The number of rotatable bonds is 4. The Hall–Kier alpha value is -1.58. The van der Waals surface area contributed by atoms with Gasteiger partial charge in [-0.15, -0.1) is 0 Å². The number of carboxylic acids is 1. The van der Waals surface area contributed by atoms with E-state index in [1.165, 1.54) is 6.20 Å². The molecule has 0 bridgehead atoms.